The summed E-state index contributed by atoms with van der Waals surface area (Å²) in [5.74, 6) is 0.638. The molecule has 1 amide bonds. The van der Waals surface area contributed by atoms with Crippen molar-refractivity contribution in [3.8, 4) is 5.75 Å². The second-order valence-corrected chi connectivity index (χ2v) is 8.89. The molecule has 1 aliphatic rings. The Morgan fingerprint density at radius 1 is 1.06 bits per heavy atom. The highest BCUT2D eigenvalue weighted by Gasteiger charge is 2.29. The minimum Gasteiger partial charge on any atom is -0.484 e. The van der Waals surface area contributed by atoms with Crippen LogP contribution >= 0.6 is 0 Å². The molecule has 0 bridgehead atoms. The number of amides is 1. The van der Waals surface area contributed by atoms with Crippen molar-refractivity contribution in [2.75, 3.05) is 13.2 Å². The van der Waals surface area contributed by atoms with E-state index in [1.165, 1.54) is 27.8 Å². The van der Waals surface area contributed by atoms with Gasteiger partial charge in [-0.05, 0) is 61.6 Å². The van der Waals surface area contributed by atoms with Gasteiger partial charge in [-0.15, -0.1) is 0 Å². The zero-order chi connectivity index (χ0) is 22.5. The number of carbonyl (C=O) groups is 1. The minimum atomic E-state index is -0.0987. The number of nitrogens with zero attached hydrogens (tertiary/aromatic N) is 1. The fraction of sp³-hybridized carbons (Fsp3) is 0.321. The molecular weight excluding hydrogens is 396 g/mol. The first-order chi connectivity index (χ1) is 15.5. The van der Waals surface area contributed by atoms with Crippen molar-refractivity contribution in [1.29, 1.82) is 0 Å². The van der Waals surface area contributed by atoms with Crippen LogP contribution in [-0.4, -0.2) is 30.0 Å². The van der Waals surface area contributed by atoms with E-state index in [1.54, 1.807) is 0 Å². The Labute approximate surface area is 191 Å². The summed E-state index contributed by atoms with van der Waals surface area (Å²) in [4.78, 5) is 14.6. The van der Waals surface area contributed by atoms with Gasteiger partial charge < -0.3 is 10.1 Å². The molecule has 1 heterocycles. The number of aryl methyl sites for hydroxylation is 1. The van der Waals surface area contributed by atoms with Gasteiger partial charge in [-0.25, -0.2) is 0 Å². The van der Waals surface area contributed by atoms with E-state index in [9.17, 15) is 4.79 Å². The Morgan fingerprint density at radius 2 is 1.88 bits per heavy atom. The number of hydrogen-bond donors (Lipinski definition) is 1. The van der Waals surface area contributed by atoms with E-state index in [4.69, 9.17) is 4.74 Å². The van der Waals surface area contributed by atoms with Crippen LogP contribution in [0.15, 0.2) is 72.8 Å². The Bertz CT molecular complexity index is 1060. The van der Waals surface area contributed by atoms with Crippen LogP contribution in [0.1, 0.15) is 47.7 Å². The van der Waals surface area contributed by atoms with Crippen molar-refractivity contribution in [1.82, 2.24) is 10.2 Å². The Hall–Kier alpha value is -3.11. The normalized spacial score (nSPS) is 15.9. The van der Waals surface area contributed by atoms with Crippen LogP contribution in [0, 0.1) is 6.92 Å². The first kappa shape index (κ1) is 22.1. The molecule has 3 aromatic carbocycles. The molecule has 0 aliphatic carbocycles. The van der Waals surface area contributed by atoms with Crippen molar-refractivity contribution in [2.45, 2.75) is 45.8 Å². The summed E-state index contributed by atoms with van der Waals surface area (Å²) in [6.07, 6.45) is 0.999. The molecule has 0 saturated heterocycles. The van der Waals surface area contributed by atoms with Crippen molar-refractivity contribution in [3.63, 3.8) is 0 Å². The van der Waals surface area contributed by atoms with E-state index in [0.717, 1.165) is 25.3 Å². The summed E-state index contributed by atoms with van der Waals surface area (Å²) in [6.45, 7) is 7.96. The molecule has 4 heteroatoms. The quantitative estimate of drug-likeness (QED) is 0.573. The maximum atomic E-state index is 12.0. The van der Waals surface area contributed by atoms with Gasteiger partial charge in [0.2, 0.25) is 0 Å². The second-order valence-electron chi connectivity index (χ2n) is 8.89. The molecule has 4 rings (SSSR count). The molecule has 1 atom stereocenters. The average Bonchev–Trinajstić information content (AvgIpc) is 2.77. The monoisotopic (exact) mass is 428 g/mol. The van der Waals surface area contributed by atoms with Gasteiger partial charge >= 0.3 is 0 Å². The van der Waals surface area contributed by atoms with Gasteiger partial charge in [-0.2, -0.15) is 0 Å². The first-order valence-corrected chi connectivity index (χ1v) is 11.4. The van der Waals surface area contributed by atoms with E-state index in [-0.39, 0.29) is 24.6 Å². The van der Waals surface area contributed by atoms with Crippen LogP contribution in [0.3, 0.4) is 0 Å². The van der Waals surface area contributed by atoms with Gasteiger partial charge in [-0.1, -0.05) is 66.2 Å². The standard InChI is InChI=1S/C28H32N2O2/c1-20(2)29-27(31)19-32-25-13-12-23-14-15-30(18-22-9-7-8-21(3)16-22)28(26(23)17-25)24-10-5-4-6-11-24/h4-13,16-17,20,28H,14-15,18-19H2,1-3H3,(H,29,31). The molecule has 0 spiro atoms. The molecule has 1 N–H and O–H groups in total. The molecule has 3 aromatic rings. The zero-order valence-electron chi connectivity index (χ0n) is 19.2. The van der Waals surface area contributed by atoms with Crippen LogP contribution < -0.4 is 10.1 Å². The van der Waals surface area contributed by atoms with E-state index >= 15 is 0 Å². The third kappa shape index (κ3) is 5.38. The number of benzene rings is 3. The smallest absolute Gasteiger partial charge is 0.258 e. The number of rotatable bonds is 7. The minimum absolute atomic E-state index is 0.0278. The van der Waals surface area contributed by atoms with Crippen molar-refractivity contribution < 1.29 is 9.53 Å². The van der Waals surface area contributed by atoms with Crippen molar-refractivity contribution in [2.24, 2.45) is 0 Å². The predicted molar refractivity (Wildman–Crippen MR) is 129 cm³/mol. The van der Waals surface area contributed by atoms with Crippen molar-refractivity contribution in [3.05, 3.63) is 101 Å². The topological polar surface area (TPSA) is 41.6 Å². The summed E-state index contributed by atoms with van der Waals surface area (Å²) in [5.41, 5.74) is 6.49. The van der Waals surface area contributed by atoms with Gasteiger partial charge in [0.05, 0.1) is 6.04 Å². The third-order valence-corrected chi connectivity index (χ3v) is 5.85. The lowest BCUT2D eigenvalue weighted by atomic mass is 9.87. The maximum Gasteiger partial charge on any atom is 0.258 e. The first-order valence-electron chi connectivity index (χ1n) is 11.4. The number of hydrogen-bond acceptors (Lipinski definition) is 3. The Balaban J connectivity index is 1.62. The molecule has 32 heavy (non-hydrogen) atoms. The summed E-state index contributed by atoms with van der Waals surface area (Å²) >= 11 is 0. The maximum absolute atomic E-state index is 12.0. The van der Waals surface area contributed by atoms with Gasteiger partial charge in [0.25, 0.3) is 5.91 Å². The summed E-state index contributed by atoms with van der Waals surface area (Å²) in [5, 5.41) is 2.88. The van der Waals surface area contributed by atoms with E-state index in [2.05, 4.69) is 83.9 Å². The molecule has 0 fully saturated rings. The molecule has 1 aliphatic heterocycles. The fourth-order valence-corrected chi connectivity index (χ4v) is 4.49. The summed E-state index contributed by atoms with van der Waals surface area (Å²) < 4.78 is 5.86. The lowest BCUT2D eigenvalue weighted by molar-refractivity contribution is -0.123. The van der Waals surface area contributed by atoms with Crippen LogP contribution in [-0.2, 0) is 17.8 Å². The van der Waals surface area contributed by atoms with E-state index < -0.39 is 0 Å². The Kier molecular flexibility index (Phi) is 6.91. The molecular formula is C28H32N2O2. The number of carbonyl (C=O) groups excluding carboxylic acids is 1. The van der Waals surface area contributed by atoms with Crippen LogP contribution in [0.2, 0.25) is 0 Å². The predicted octanol–water partition coefficient (Wildman–Crippen LogP) is 5.05. The van der Waals surface area contributed by atoms with Crippen LogP contribution in [0.25, 0.3) is 0 Å². The molecule has 0 saturated carbocycles. The number of nitrogens with one attached hydrogen (secondary N) is 1. The van der Waals surface area contributed by atoms with E-state index in [1.807, 2.05) is 19.9 Å². The molecule has 166 valence electrons. The van der Waals surface area contributed by atoms with Gasteiger partial charge in [0, 0.05) is 19.1 Å². The Morgan fingerprint density at radius 3 is 2.62 bits per heavy atom. The van der Waals surface area contributed by atoms with Crippen LogP contribution in [0.5, 0.6) is 5.75 Å². The van der Waals surface area contributed by atoms with Gasteiger partial charge in [-0.3, -0.25) is 9.69 Å². The van der Waals surface area contributed by atoms with Crippen LogP contribution in [0.4, 0.5) is 0 Å². The lowest BCUT2D eigenvalue weighted by Gasteiger charge is -2.38. The highest BCUT2D eigenvalue weighted by molar-refractivity contribution is 5.77. The highest BCUT2D eigenvalue weighted by Crippen LogP contribution is 2.38. The van der Waals surface area contributed by atoms with Crippen molar-refractivity contribution >= 4 is 5.91 Å². The number of ether oxygens (including phenoxy) is 1. The zero-order valence-corrected chi connectivity index (χ0v) is 19.2. The fourth-order valence-electron chi connectivity index (χ4n) is 4.49. The summed E-state index contributed by atoms with van der Waals surface area (Å²) in [6, 6.07) is 25.9. The highest BCUT2D eigenvalue weighted by atomic mass is 16.5. The third-order valence-electron chi connectivity index (χ3n) is 5.85. The second kappa shape index (κ2) is 10.0. The lowest BCUT2D eigenvalue weighted by Crippen LogP contribution is -2.36. The van der Waals surface area contributed by atoms with Gasteiger partial charge in [0.15, 0.2) is 6.61 Å². The largest absolute Gasteiger partial charge is 0.484 e. The molecule has 0 radical (unpaired) electrons. The number of fused-ring (bicyclic) bond motifs is 1. The SMILES string of the molecule is Cc1cccc(CN2CCc3ccc(OCC(=O)NC(C)C)cc3C2c2ccccc2)c1. The van der Waals surface area contributed by atoms with E-state index in [0.29, 0.717) is 0 Å². The molecule has 0 aromatic heterocycles. The molecule has 4 nitrogen and oxygen atoms in total. The van der Waals surface area contributed by atoms with Gasteiger partial charge in [0.1, 0.15) is 5.75 Å². The molecule has 1 unspecified atom stereocenters. The average molecular weight is 429 g/mol. The summed E-state index contributed by atoms with van der Waals surface area (Å²) in [7, 11) is 0.